The van der Waals surface area contributed by atoms with Gasteiger partial charge in [-0.3, -0.25) is 5.10 Å². The molecule has 1 aliphatic heterocycles. The molecular formula is C13H13N3O4S. The number of aryl methyl sites for hydroxylation is 1. The number of sulfonamides is 1. The molecule has 2 heterocycles. The Bertz CT molecular complexity index is 801. The first kappa shape index (κ1) is 13.8. The molecule has 0 bridgehead atoms. The lowest BCUT2D eigenvalue weighted by molar-refractivity contribution is 0.0686. The maximum absolute atomic E-state index is 12.7. The maximum Gasteiger partial charge on any atom is 0.357 e. The van der Waals surface area contributed by atoms with E-state index in [9.17, 15) is 13.2 Å². The zero-order valence-electron chi connectivity index (χ0n) is 11.2. The molecule has 0 radical (unpaired) electrons. The van der Waals surface area contributed by atoms with E-state index >= 15 is 0 Å². The molecule has 8 heteroatoms. The summed E-state index contributed by atoms with van der Waals surface area (Å²) in [6, 6.07) is 7.43. The van der Waals surface area contributed by atoms with Crippen molar-refractivity contribution in [2.24, 2.45) is 0 Å². The molecule has 0 amide bonds. The van der Waals surface area contributed by atoms with Crippen LogP contribution in [0.4, 0.5) is 0 Å². The smallest absolute Gasteiger partial charge is 0.357 e. The van der Waals surface area contributed by atoms with E-state index in [1.165, 1.54) is 11.2 Å². The third-order valence-corrected chi connectivity index (χ3v) is 5.46. The predicted octanol–water partition coefficient (Wildman–Crippen LogP) is 1.12. The van der Waals surface area contributed by atoms with E-state index in [1.807, 2.05) is 24.3 Å². The number of aromatic amines is 1. The number of carboxylic acid groups (broad SMARTS) is 1. The van der Waals surface area contributed by atoms with Gasteiger partial charge in [0.25, 0.3) is 0 Å². The van der Waals surface area contributed by atoms with Gasteiger partial charge in [0.15, 0.2) is 5.69 Å². The van der Waals surface area contributed by atoms with Crippen LogP contribution < -0.4 is 0 Å². The van der Waals surface area contributed by atoms with Gasteiger partial charge in [-0.1, -0.05) is 24.3 Å². The standard InChI is InChI=1S/C13H13N3O4S/c1-8-12(11(13(17)18)15-14-8)21(19,20)16-6-9-4-2-3-5-10(9)7-16/h2-5H,6-7H2,1H3,(H,14,15)(H,17,18). The number of benzene rings is 1. The van der Waals surface area contributed by atoms with Crippen molar-refractivity contribution in [1.29, 1.82) is 0 Å². The summed E-state index contributed by atoms with van der Waals surface area (Å²) in [6.45, 7) is 1.97. The highest BCUT2D eigenvalue weighted by atomic mass is 32.2. The van der Waals surface area contributed by atoms with Crippen LogP contribution in [0.2, 0.25) is 0 Å². The van der Waals surface area contributed by atoms with Crippen LogP contribution in [0.5, 0.6) is 0 Å². The number of aromatic nitrogens is 2. The van der Waals surface area contributed by atoms with Gasteiger partial charge >= 0.3 is 5.97 Å². The molecule has 1 aromatic carbocycles. The quantitative estimate of drug-likeness (QED) is 0.884. The second-order valence-corrected chi connectivity index (χ2v) is 6.75. The van der Waals surface area contributed by atoms with E-state index < -0.39 is 21.7 Å². The first-order valence-corrected chi connectivity index (χ1v) is 7.70. The average molecular weight is 307 g/mol. The zero-order valence-corrected chi connectivity index (χ0v) is 12.0. The van der Waals surface area contributed by atoms with Crippen molar-refractivity contribution >= 4 is 16.0 Å². The number of H-pyrrole nitrogens is 1. The molecular weight excluding hydrogens is 294 g/mol. The number of carbonyl (C=O) groups is 1. The van der Waals surface area contributed by atoms with Gasteiger partial charge in [-0.15, -0.1) is 0 Å². The number of hydrogen-bond acceptors (Lipinski definition) is 4. The summed E-state index contributed by atoms with van der Waals surface area (Å²) in [4.78, 5) is 10.9. The minimum absolute atomic E-state index is 0.225. The van der Waals surface area contributed by atoms with Gasteiger partial charge < -0.3 is 5.11 Å². The molecule has 1 aromatic heterocycles. The minimum atomic E-state index is -3.91. The Kier molecular flexibility index (Phi) is 3.07. The molecule has 0 saturated heterocycles. The Morgan fingerprint density at radius 2 is 1.86 bits per heavy atom. The van der Waals surface area contributed by atoms with Crippen LogP contribution in [0.25, 0.3) is 0 Å². The van der Waals surface area contributed by atoms with Gasteiger partial charge in [0.05, 0.1) is 5.69 Å². The van der Waals surface area contributed by atoms with E-state index in [2.05, 4.69) is 10.2 Å². The van der Waals surface area contributed by atoms with Gasteiger partial charge in [0.1, 0.15) is 4.90 Å². The Labute approximate surface area is 121 Å². The van der Waals surface area contributed by atoms with Crippen LogP contribution in [0.1, 0.15) is 27.3 Å². The summed E-state index contributed by atoms with van der Waals surface area (Å²) in [5.41, 5.74) is 1.62. The van der Waals surface area contributed by atoms with Crippen LogP contribution in [-0.4, -0.2) is 34.0 Å². The Morgan fingerprint density at radius 1 is 1.29 bits per heavy atom. The summed E-state index contributed by atoms with van der Waals surface area (Å²) >= 11 is 0. The monoisotopic (exact) mass is 307 g/mol. The van der Waals surface area contributed by atoms with Crippen molar-refractivity contribution in [3.05, 3.63) is 46.8 Å². The highest BCUT2D eigenvalue weighted by Gasteiger charge is 2.36. The topological polar surface area (TPSA) is 103 Å². The van der Waals surface area contributed by atoms with Crippen LogP contribution in [0, 0.1) is 6.92 Å². The Balaban J connectivity index is 2.04. The zero-order chi connectivity index (χ0) is 15.2. The molecule has 0 saturated carbocycles. The molecule has 0 fully saturated rings. The molecule has 0 unspecified atom stereocenters. The van der Waals surface area contributed by atoms with E-state index in [-0.39, 0.29) is 23.7 Å². The van der Waals surface area contributed by atoms with Crippen molar-refractivity contribution in [2.75, 3.05) is 0 Å². The first-order valence-electron chi connectivity index (χ1n) is 6.26. The van der Waals surface area contributed by atoms with Crippen molar-refractivity contribution in [3.8, 4) is 0 Å². The number of nitrogens with zero attached hydrogens (tertiary/aromatic N) is 2. The minimum Gasteiger partial charge on any atom is -0.476 e. The molecule has 1 aliphatic rings. The molecule has 110 valence electrons. The van der Waals surface area contributed by atoms with Crippen LogP contribution >= 0.6 is 0 Å². The normalized spacial score (nSPS) is 15.1. The highest BCUT2D eigenvalue weighted by molar-refractivity contribution is 7.89. The third-order valence-electron chi connectivity index (χ3n) is 3.50. The fraction of sp³-hybridized carbons (Fsp3) is 0.231. The summed E-state index contributed by atoms with van der Waals surface area (Å²) in [6.07, 6.45) is 0. The van der Waals surface area contributed by atoms with E-state index in [0.717, 1.165) is 11.1 Å². The lowest BCUT2D eigenvalue weighted by Crippen LogP contribution is -2.27. The number of fused-ring (bicyclic) bond motifs is 1. The molecule has 0 spiro atoms. The van der Waals surface area contributed by atoms with Crippen LogP contribution in [0.3, 0.4) is 0 Å². The predicted molar refractivity (Wildman–Crippen MR) is 73.2 cm³/mol. The molecule has 0 aliphatic carbocycles. The van der Waals surface area contributed by atoms with Crippen molar-refractivity contribution in [1.82, 2.24) is 14.5 Å². The first-order chi connectivity index (χ1) is 9.91. The third kappa shape index (κ3) is 2.12. The van der Waals surface area contributed by atoms with Crippen molar-refractivity contribution in [3.63, 3.8) is 0 Å². The van der Waals surface area contributed by atoms with E-state index in [1.54, 1.807) is 0 Å². The second-order valence-electron chi connectivity index (χ2n) is 4.87. The van der Waals surface area contributed by atoms with Crippen molar-refractivity contribution < 1.29 is 18.3 Å². The average Bonchev–Trinajstić information content (AvgIpc) is 3.02. The molecule has 21 heavy (non-hydrogen) atoms. The number of aromatic carboxylic acids is 1. The van der Waals surface area contributed by atoms with Gasteiger partial charge in [0, 0.05) is 13.1 Å². The molecule has 2 N–H and O–H groups in total. The Morgan fingerprint density at radius 3 is 2.38 bits per heavy atom. The van der Waals surface area contributed by atoms with E-state index in [0.29, 0.717) is 0 Å². The van der Waals surface area contributed by atoms with Gasteiger partial charge in [-0.2, -0.15) is 9.40 Å². The van der Waals surface area contributed by atoms with Crippen molar-refractivity contribution in [2.45, 2.75) is 24.9 Å². The molecule has 2 aromatic rings. The highest BCUT2D eigenvalue weighted by Crippen LogP contribution is 2.30. The van der Waals surface area contributed by atoms with E-state index in [4.69, 9.17) is 5.11 Å². The summed E-state index contributed by atoms with van der Waals surface area (Å²) in [5.74, 6) is -1.37. The Hall–Kier alpha value is -2.19. The molecule has 3 rings (SSSR count). The molecule has 0 atom stereocenters. The summed E-state index contributed by atoms with van der Waals surface area (Å²) in [5, 5.41) is 15.1. The number of rotatable bonds is 3. The van der Waals surface area contributed by atoms with Crippen LogP contribution in [0.15, 0.2) is 29.2 Å². The number of carboxylic acids is 1. The van der Waals surface area contributed by atoms with Gasteiger partial charge in [-0.25, -0.2) is 13.2 Å². The summed E-state index contributed by atoms with van der Waals surface area (Å²) < 4.78 is 26.7. The fourth-order valence-electron chi connectivity index (χ4n) is 2.48. The second kappa shape index (κ2) is 4.68. The number of nitrogens with one attached hydrogen (secondary N) is 1. The van der Waals surface area contributed by atoms with Crippen LogP contribution in [-0.2, 0) is 23.1 Å². The van der Waals surface area contributed by atoms with Gasteiger partial charge in [-0.05, 0) is 18.1 Å². The largest absolute Gasteiger partial charge is 0.476 e. The summed E-state index contributed by atoms with van der Waals surface area (Å²) in [7, 11) is -3.91. The molecule has 7 nitrogen and oxygen atoms in total. The fourth-order valence-corrected chi connectivity index (χ4v) is 4.17. The van der Waals surface area contributed by atoms with Gasteiger partial charge in [0.2, 0.25) is 10.0 Å². The SMILES string of the molecule is Cc1[nH]nc(C(=O)O)c1S(=O)(=O)N1Cc2ccccc2C1. The maximum atomic E-state index is 12.7. The lowest BCUT2D eigenvalue weighted by atomic mass is 10.1. The lowest BCUT2D eigenvalue weighted by Gasteiger charge is -2.15. The number of hydrogen-bond donors (Lipinski definition) is 2.